The van der Waals surface area contributed by atoms with E-state index < -0.39 is 0 Å². The molecule has 0 aromatic heterocycles. The first-order valence-electron chi connectivity index (χ1n) is 14.3. The zero-order chi connectivity index (χ0) is 27.0. The highest BCUT2D eigenvalue weighted by Gasteiger charge is 2.53. The number of hydrogen-bond donors (Lipinski definition) is 1. The molecule has 1 N–H and O–H groups in total. The van der Waals surface area contributed by atoms with Crippen molar-refractivity contribution in [1.29, 1.82) is 0 Å². The van der Waals surface area contributed by atoms with Crippen LogP contribution in [0.5, 0.6) is 5.75 Å². The molecule has 6 heteroatoms. The average Bonchev–Trinajstić information content (AvgIpc) is 3.76. The molecule has 3 aliphatic rings. The van der Waals surface area contributed by atoms with Crippen LogP contribution in [-0.2, 0) is 14.9 Å². The SMILES string of the molecule is COC1C[C@H](NC(=O)c2ccc3ccccc3c2)C[C@]2(c3cccc(OC(C)=O)c3)CCN(CC3CC3)C[C@@H]12. The van der Waals surface area contributed by atoms with Crippen LogP contribution in [0.25, 0.3) is 10.8 Å². The highest BCUT2D eigenvalue weighted by molar-refractivity contribution is 5.98. The van der Waals surface area contributed by atoms with E-state index in [4.69, 9.17) is 9.47 Å². The van der Waals surface area contributed by atoms with Gasteiger partial charge < -0.3 is 19.7 Å². The predicted molar refractivity (Wildman–Crippen MR) is 152 cm³/mol. The van der Waals surface area contributed by atoms with Gasteiger partial charge in [0, 0.05) is 50.1 Å². The Labute approximate surface area is 230 Å². The maximum atomic E-state index is 13.5. The second-order valence-electron chi connectivity index (χ2n) is 11.8. The van der Waals surface area contributed by atoms with Crippen LogP contribution in [0.15, 0.2) is 66.7 Å². The van der Waals surface area contributed by atoms with Gasteiger partial charge in [-0.2, -0.15) is 0 Å². The summed E-state index contributed by atoms with van der Waals surface area (Å²) in [6.45, 7) is 4.60. The molecule has 4 atom stereocenters. The highest BCUT2D eigenvalue weighted by Crippen LogP contribution is 2.51. The average molecular weight is 527 g/mol. The van der Waals surface area contributed by atoms with E-state index in [1.54, 1.807) is 7.11 Å². The van der Waals surface area contributed by atoms with Crippen LogP contribution < -0.4 is 10.1 Å². The summed E-state index contributed by atoms with van der Waals surface area (Å²) in [6, 6.07) is 22.0. The van der Waals surface area contributed by atoms with Gasteiger partial charge in [0.1, 0.15) is 5.75 Å². The summed E-state index contributed by atoms with van der Waals surface area (Å²) in [6.07, 6.45) is 5.29. The number of methoxy groups -OCH3 is 1. The molecule has 6 rings (SSSR count). The van der Waals surface area contributed by atoms with Crippen LogP contribution in [0, 0.1) is 11.8 Å². The summed E-state index contributed by atoms with van der Waals surface area (Å²) in [5, 5.41) is 5.56. The van der Waals surface area contributed by atoms with Gasteiger partial charge in [-0.15, -0.1) is 0 Å². The number of esters is 1. The van der Waals surface area contributed by atoms with Crippen molar-refractivity contribution in [3.05, 3.63) is 77.9 Å². The van der Waals surface area contributed by atoms with E-state index in [-0.39, 0.29) is 35.4 Å². The van der Waals surface area contributed by atoms with Gasteiger partial charge in [-0.25, -0.2) is 0 Å². The van der Waals surface area contributed by atoms with E-state index in [0.29, 0.717) is 11.3 Å². The fraction of sp³-hybridized carbons (Fsp3) is 0.455. The van der Waals surface area contributed by atoms with Crippen LogP contribution in [0.1, 0.15) is 54.9 Å². The Bertz CT molecular complexity index is 1370. The number of nitrogens with zero attached hydrogens (tertiary/aromatic N) is 1. The molecule has 0 radical (unpaired) electrons. The van der Waals surface area contributed by atoms with E-state index >= 15 is 0 Å². The monoisotopic (exact) mass is 526 g/mol. The molecule has 1 heterocycles. The second-order valence-corrected chi connectivity index (χ2v) is 11.8. The minimum atomic E-state index is -0.320. The lowest BCUT2D eigenvalue weighted by atomic mass is 9.57. The Hall–Kier alpha value is -3.22. The smallest absolute Gasteiger partial charge is 0.308 e. The predicted octanol–water partition coefficient (Wildman–Crippen LogP) is 5.34. The lowest BCUT2D eigenvalue weighted by molar-refractivity contribution is -0.131. The number of benzene rings is 3. The number of carbonyl (C=O) groups is 2. The van der Waals surface area contributed by atoms with Crippen molar-refractivity contribution in [2.45, 2.75) is 56.6 Å². The lowest BCUT2D eigenvalue weighted by Gasteiger charge is -2.55. The maximum Gasteiger partial charge on any atom is 0.308 e. The molecular formula is C33H38N2O4. The van der Waals surface area contributed by atoms with E-state index in [9.17, 15) is 9.59 Å². The molecule has 6 nitrogen and oxygen atoms in total. The summed E-state index contributed by atoms with van der Waals surface area (Å²) in [7, 11) is 1.80. The van der Waals surface area contributed by atoms with Gasteiger partial charge in [0.25, 0.3) is 5.91 Å². The van der Waals surface area contributed by atoms with Crippen molar-refractivity contribution in [3.63, 3.8) is 0 Å². The summed E-state index contributed by atoms with van der Waals surface area (Å²) in [5.74, 6) is 1.33. The molecule has 0 bridgehead atoms. The van der Waals surface area contributed by atoms with Gasteiger partial charge in [0.2, 0.25) is 0 Å². The van der Waals surface area contributed by atoms with Gasteiger partial charge in [-0.1, -0.05) is 42.5 Å². The van der Waals surface area contributed by atoms with Crippen molar-refractivity contribution in [1.82, 2.24) is 10.2 Å². The topological polar surface area (TPSA) is 67.9 Å². The molecule has 1 aliphatic heterocycles. The number of amides is 1. The van der Waals surface area contributed by atoms with E-state index in [2.05, 4.69) is 22.3 Å². The minimum absolute atomic E-state index is 0.0139. The van der Waals surface area contributed by atoms with Gasteiger partial charge in [0.15, 0.2) is 0 Å². The van der Waals surface area contributed by atoms with Crippen LogP contribution in [0.4, 0.5) is 0 Å². The minimum Gasteiger partial charge on any atom is -0.427 e. The largest absolute Gasteiger partial charge is 0.427 e. The Morgan fingerprint density at radius 3 is 2.62 bits per heavy atom. The lowest BCUT2D eigenvalue weighted by Crippen LogP contribution is -2.61. The van der Waals surface area contributed by atoms with Crippen LogP contribution >= 0.6 is 0 Å². The molecule has 2 saturated carbocycles. The Kier molecular flexibility index (Phi) is 7.17. The summed E-state index contributed by atoms with van der Waals surface area (Å²) < 4.78 is 11.7. The summed E-state index contributed by atoms with van der Waals surface area (Å²) >= 11 is 0. The van der Waals surface area contributed by atoms with Gasteiger partial charge in [0.05, 0.1) is 6.10 Å². The van der Waals surface area contributed by atoms with E-state index in [0.717, 1.165) is 49.0 Å². The third-order valence-electron chi connectivity index (χ3n) is 9.15. The molecule has 1 saturated heterocycles. The molecule has 1 unspecified atom stereocenters. The van der Waals surface area contributed by atoms with Gasteiger partial charge >= 0.3 is 5.97 Å². The fourth-order valence-electron chi connectivity index (χ4n) is 7.09. The molecule has 3 fully saturated rings. The van der Waals surface area contributed by atoms with Crippen molar-refractivity contribution < 1.29 is 19.1 Å². The third-order valence-corrected chi connectivity index (χ3v) is 9.15. The number of hydrogen-bond acceptors (Lipinski definition) is 5. The molecule has 3 aromatic carbocycles. The Morgan fingerprint density at radius 2 is 1.85 bits per heavy atom. The zero-order valence-corrected chi connectivity index (χ0v) is 22.9. The van der Waals surface area contributed by atoms with E-state index in [1.807, 2.05) is 54.6 Å². The first kappa shape index (κ1) is 26.0. The van der Waals surface area contributed by atoms with Crippen molar-refractivity contribution in [2.24, 2.45) is 11.8 Å². The maximum absolute atomic E-state index is 13.5. The van der Waals surface area contributed by atoms with E-state index in [1.165, 1.54) is 31.9 Å². The number of carbonyl (C=O) groups excluding carboxylic acids is 2. The molecule has 204 valence electrons. The molecule has 2 aliphatic carbocycles. The van der Waals surface area contributed by atoms with Crippen molar-refractivity contribution >= 4 is 22.6 Å². The molecule has 3 aromatic rings. The summed E-state index contributed by atoms with van der Waals surface area (Å²) in [4.78, 5) is 27.8. The Morgan fingerprint density at radius 1 is 1.03 bits per heavy atom. The summed E-state index contributed by atoms with van der Waals surface area (Å²) in [5.41, 5.74) is 1.66. The number of rotatable bonds is 7. The molecular weight excluding hydrogens is 488 g/mol. The van der Waals surface area contributed by atoms with Crippen LogP contribution in [0.3, 0.4) is 0 Å². The van der Waals surface area contributed by atoms with Gasteiger partial charge in [-0.3, -0.25) is 9.59 Å². The molecule has 0 spiro atoms. The third kappa shape index (κ3) is 5.45. The van der Waals surface area contributed by atoms with Crippen molar-refractivity contribution in [3.8, 4) is 5.75 Å². The Balaban J connectivity index is 1.30. The molecule has 39 heavy (non-hydrogen) atoms. The molecule has 1 amide bonds. The normalized spacial score (nSPS) is 27.1. The standard InChI is InChI=1S/C33H38N2O4/c1-22(36)39-29-9-5-8-27(17-29)33-14-15-35(20-23-10-11-23)21-30(33)31(38-2)18-28(19-33)34-32(37)26-13-12-24-6-3-4-7-25(24)16-26/h3-9,12-13,16-17,23,28,30-31H,10-11,14-15,18-21H2,1-2H3,(H,34,37)/t28-,30-,31?,33-/m0/s1. The number of ether oxygens (including phenoxy) is 2. The number of fused-ring (bicyclic) bond motifs is 2. The van der Waals surface area contributed by atoms with Crippen molar-refractivity contribution in [2.75, 3.05) is 26.7 Å². The van der Waals surface area contributed by atoms with Gasteiger partial charge in [-0.05, 0) is 85.2 Å². The number of piperidine rings is 1. The zero-order valence-electron chi connectivity index (χ0n) is 22.9. The van der Waals surface area contributed by atoms with Crippen LogP contribution in [-0.4, -0.2) is 55.7 Å². The highest BCUT2D eigenvalue weighted by atomic mass is 16.5. The first-order chi connectivity index (χ1) is 18.9. The quantitative estimate of drug-likeness (QED) is 0.332. The second kappa shape index (κ2) is 10.7. The number of likely N-dealkylation sites (tertiary alicyclic amines) is 1. The first-order valence-corrected chi connectivity index (χ1v) is 14.3. The van der Waals surface area contributed by atoms with Crippen LogP contribution in [0.2, 0.25) is 0 Å². The number of nitrogens with one attached hydrogen (secondary N) is 1. The fourth-order valence-corrected chi connectivity index (χ4v) is 7.09.